The van der Waals surface area contributed by atoms with Crippen molar-refractivity contribution in [1.82, 2.24) is 15.1 Å². The molecule has 106 valence electrons. The Balaban J connectivity index is 2.68. The van der Waals surface area contributed by atoms with Crippen LogP contribution in [0.3, 0.4) is 0 Å². The van der Waals surface area contributed by atoms with Crippen LogP contribution < -0.4 is 5.32 Å². The highest BCUT2D eigenvalue weighted by Gasteiger charge is 2.22. The van der Waals surface area contributed by atoms with Crippen LogP contribution in [0, 0.1) is 19.8 Å². The van der Waals surface area contributed by atoms with Crippen LogP contribution in [0.2, 0.25) is 0 Å². The molecule has 2 N–H and O–H groups in total. The number of carbonyl (C=O) groups excluding carboxylic acids is 1. The summed E-state index contributed by atoms with van der Waals surface area (Å²) >= 11 is 0. The Morgan fingerprint density at radius 3 is 2.37 bits per heavy atom. The molecule has 6 nitrogen and oxygen atoms in total. The lowest BCUT2D eigenvalue weighted by Gasteiger charge is -2.17. The van der Waals surface area contributed by atoms with E-state index in [1.807, 2.05) is 20.9 Å². The predicted molar refractivity (Wildman–Crippen MR) is 70.8 cm³/mol. The van der Waals surface area contributed by atoms with E-state index in [9.17, 15) is 9.59 Å². The van der Waals surface area contributed by atoms with E-state index in [-0.39, 0.29) is 12.3 Å². The van der Waals surface area contributed by atoms with Crippen molar-refractivity contribution >= 4 is 11.9 Å². The summed E-state index contributed by atoms with van der Waals surface area (Å²) in [4.78, 5) is 22.8. The number of carboxylic acid groups (broad SMARTS) is 1. The second-order valence-electron chi connectivity index (χ2n) is 4.93. The minimum absolute atomic E-state index is 0.181. The molecular formula is C13H21N3O3. The smallest absolute Gasteiger partial charge is 0.308 e. The van der Waals surface area contributed by atoms with Gasteiger partial charge in [0.25, 0.3) is 0 Å². The van der Waals surface area contributed by atoms with Gasteiger partial charge in [0.1, 0.15) is 0 Å². The SMILES string of the molecule is Cc1nn(C)c(C)c1CC(=O)NC(C)C(C)C(=O)O. The normalized spacial score (nSPS) is 13.9. The van der Waals surface area contributed by atoms with Gasteiger partial charge in [0, 0.05) is 24.3 Å². The van der Waals surface area contributed by atoms with E-state index < -0.39 is 17.9 Å². The molecule has 1 aromatic rings. The van der Waals surface area contributed by atoms with Gasteiger partial charge in [0.05, 0.1) is 18.0 Å². The molecular weight excluding hydrogens is 246 g/mol. The molecule has 0 spiro atoms. The summed E-state index contributed by atoms with van der Waals surface area (Å²) in [5, 5.41) is 15.8. The molecule has 1 heterocycles. The number of aryl methyl sites for hydroxylation is 2. The van der Waals surface area contributed by atoms with Gasteiger partial charge < -0.3 is 10.4 Å². The number of carbonyl (C=O) groups is 2. The molecule has 0 aliphatic heterocycles. The maximum Gasteiger partial charge on any atom is 0.308 e. The fourth-order valence-corrected chi connectivity index (χ4v) is 1.88. The molecule has 0 fully saturated rings. The monoisotopic (exact) mass is 267 g/mol. The Morgan fingerprint density at radius 1 is 1.37 bits per heavy atom. The van der Waals surface area contributed by atoms with Crippen LogP contribution in [0.5, 0.6) is 0 Å². The fourth-order valence-electron chi connectivity index (χ4n) is 1.88. The molecule has 2 unspecified atom stereocenters. The first-order valence-electron chi connectivity index (χ1n) is 6.25. The summed E-state index contributed by atoms with van der Waals surface area (Å²) in [6.45, 7) is 7.04. The van der Waals surface area contributed by atoms with Crippen molar-refractivity contribution in [1.29, 1.82) is 0 Å². The summed E-state index contributed by atoms with van der Waals surface area (Å²) in [5.41, 5.74) is 2.68. The van der Waals surface area contributed by atoms with Crippen LogP contribution in [0.25, 0.3) is 0 Å². The van der Waals surface area contributed by atoms with E-state index in [1.54, 1.807) is 18.5 Å². The van der Waals surface area contributed by atoms with Crippen molar-refractivity contribution in [2.45, 2.75) is 40.2 Å². The second kappa shape index (κ2) is 5.86. The molecule has 0 aliphatic rings. The number of nitrogens with one attached hydrogen (secondary N) is 1. The van der Waals surface area contributed by atoms with Crippen LogP contribution in [0.1, 0.15) is 30.8 Å². The van der Waals surface area contributed by atoms with Crippen molar-refractivity contribution in [3.05, 3.63) is 17.0 Å². The molecule has 1 amide bonds. The third-order valence-corrected chi connectivity index (χ3v) is 3.52. The van der Waals surface area contributed by atoms with Gasteiger partial charge in [-0.15, -0.1) is 0 Å². The van der Waals surface area contributed by atoms with E-state index >= 15 is 0 Å². The third-order valence-electron chi connectivity index (χ3n) is 3.52. The van der Waals surface area contributed by atoms with Gasteiger partial charge in [0.2, 0.25) is 5.91 Å². The maximum absolute atomic E-state index is 11.9. The van der Waals surface area contributed by atoms with Crippen LogP contribution >= 0.6 is 0 Å². The quantitative estimate of drug-likeness (QED) is 0.826. The summed E-state index contributed by atoms with van der Waals surface area (Å²) in [6.07, 6.45) is 0.224. The number of carboxylic acids is 1. The van der Waals surface area contributed by atoms with Gasteiger partial charge >= 0.3 is 5.97 Å². The van der Waals surface area contributed by atoms with Crippen LogP contribution in [-0.2, 0) is 23.1 Å². The maximum atomic E-state index is 11.9. The number of hydrogen-bond donors (Lipinski definition) is 2. The molecule has 0 saturated heterocycles. The topological polar surface area (TPSA) is 84.2 Å². The van der Waals surface area contributed by atoms with E-state index in [1.165, 1.54) is 0 Å². The Labute approximate surface area is 112 Å². The van der Waals surface area contributed by atoms with E-state index in [0.29, 0.717) is 0 Å². The van der Waals surface area contributed by atoms with Crippen molar-refractivity contribution in [3.8, 4) is 0 Å². The molecule has 19 heavy (non-hydrogen) atoms. The minimum Gasteiger partial charge on any atom is -0.481 e. The fraction of sp³-hybridized carbons (Fsp3) is 0.615. The van der Waals surface area contributed by atoms with Gasteiger partial charge in [-0.2, -0.15) is 5.10 Å². The van der Waals surface area contributed by atoms with Crippen LogP contribution in [0.15, 0.2) is 0 Å². The summed E-state index contributed by atoms with van der Waals surface area (Å²) < 4.78 is 1.74. The summed E-state index contributed by atoms with van der Waals surface area (Å²) in [6, 6.07) is -0.401. The van der Waals surface area contributed by atoms with E-state index in [0.717, 1.165) is 17.0 Å². The second-order valence-corrected chi connectivity index (χ2v) is 4.93. The van der Waals surface area contributed by atoms with Gasteiger partial charge in [-0.05, 0) is 27.7 Å². The molecule has 6 heteroatoms. The zero-order valence-electron chi connectivity index (χ0n) is 12.0. The first-order valence-corrected chi connectivity index (χ1v) is 6.25. The molecule has 0 radical (unpaired) electrons. The van der Waals surface area contributed by atoms with Gasteiger partial charge in [-0.25, -0.2) is 0 Å². The minimum atomic E-state index is -0.915. The van der Waals surface area contributed by atoms with Gasteiger partial charge in [0.15, 0.2) is 0 Å². The number of aliphatic carboxylic acids is 1. The predicted octanol–water partition coefficient (Wildman–Crippen LogP) is 0.805. The number of aromatic nitrogens is 2. The Morgan fingerprint density at radius 2 is 1.95 bits per heavy atom. The number of nitrogens with zero attached hydrogens (tertiary/aromatic N) is 2. The lowest BCUT2D eigenvalue weighted by Crippen LogP contribution is -2.40. The van der Waals surface area contributed by atoms with Gasteiger partial charge in [-0.3, -0.25) is 14.3 Å². The molecule has 2 atom stereocenters. The Bertz CT molecular complexity index is 494. The highest BCUT2D eigenvalue weighted by atomic mass is 16.4. The average molecular weight is 267 g/mol. The molecule has 1 aromatic heterocycles. The number of hydrogen-bond acceptors (Lipinski definition) is 3. The number of rotatable bonds is 5. The number of amides is 1. The summed E-state index contributed by atoms with van der Waals surface area (Å²) in [5.74, 6) is -1.71. The zero-order valence-corrected chi connectivity index (χ0v) is 12.0. The lowest BCUT2D eigenvalue weighted by atomic mass is 10.0. The molecule has 0 saturated carbocycles. The molecule has 0 bridgehead atoms. The summed E-state index contributed by atoms with van der Waals surface area (Å²) in [7, 11) is 1.83. The first-order chi connectivity index (χ1) is 8.73. The largest absolute Gasteiger partial charge is 0.481 e. The van der Waals surface area contributed by atoms with Crippen molar-refractivity contribution in [2.75, 3.05) is 0 Å². The highest BCUT2D eigenvalue weighted by molar-refractivity contribution is 5.80. The average Bonchev–Trinajstić information content (AvgIpc) is 2.54. The van der Waals surface area contributed by atoms with Crippen molar-refractivity contribution in [3.63, 3.8) is 0 Å². The van der Waals surface area contributed by atoms with E-state index in [4.69, 9.17) is 5.11 Å². The van der Waals surface area contributed by atoms with Crippen molar-refractivity contribution in [2.24, 2.45) is 13.0 Å². The molecule has 0 aliphatic carbocycles. The third kappa shape index (κ3) is 3.56. The molecule has 1 rings (SSSR count). The van der Waals surface area contributed by atoms with Crippen LogP contribution in [0.4, 0.5) is 0 Å². The Hall–Kier alpha value is -1.85. The molecule has 0 aromatic carbocycles. The lowest BCUT2D eigenvalue weighted by molar-refractivity contribution is -0.142. The van der Waals surface area contributed by atoms with Crippen LogP contribution in [-0.4, -0.2) is 32.8 Å². The highest BCUT2D eigenvalue weighted by Crippen LogP contribution is 2.13. The standard InChI is InChI=1S/C13H21N3O3/c1-7(13(18)19)8(2)14-12(17)6-11-9(3)15-16(5)10(11)4/h7-8H,6H2,1-5H3,(H,14,17)(H,18,19). The van der Waals surface area contributed by atoms with E-state index in [2.05, 4.69) is 10.4 Å². The first kappa shape index (κ1) is 15.2. The zero-order chi connectivity index (χ0) is 14.7. The Kier molecular flexibility index (Phi) is 4.69. The van der Waals surface area contributed by atoms with Gasteiger partial charge in [-0.1, -0.05) is 0 Å². The van der Waals surface area contributed by atoms with Crippen molar-refractivity contribution < 1.29 is 14.7 Å².